The first-order chi connectivity index (χ1) is 4.83. The molecule has 0 saturated carbocycles. The number of hydroxylamine groups is 2. The van der Waals surface area contributed by atoms with Gasteiger partial charge in [0.1, 0.15) is 10.5 Å². The van der Waals surface area contributed by atoms with Crippen molar-refractivity contribution < 1.29 is 22.4 Å². The van der Waals surface area contributed by atoms with Gasteiger partial charge in [-0.1, -0.05) is 0 Å². The van der Waals surface area contributed by atoms with Gasteiger partial charge >= 0.3 is 6.36 Å². The van der Waals surface area contributed by atoms with E-state index in [0.29, 0.717) is 5.06 Å². The van der Waals surface area contributed by atoms with Gasteiger partial charge in [-0.2, -0.15) is 5.06 Å². The Morgan fingerprint density at radius 3 is 1.55 bits per heavy atom. The Labute approximate surface area is 66.6 Å². The highest BCUT2D eigenvalue weighted by molar-refractivity contribution is 5.97. The molecular formula is C4H12F3NO2Si. The summed E-state index contributed by atoms with van der Waals surface area (Å²) in [7, 11) is 4.88. The standard InChI is InChI=1S/C3H6F3NO.CH6OSi/c1-7(2)8-3(4,5)6;1-2-3/h1-2H3;1,3H3. The molecule has 0 bridgehead atoms. The average Bonchev–Trinajstić information content (AvgIpc) is 1.57. The molecule has 0 N–H and O–H groups in total. The molecule has 3 nitrogen and oxygen atoms in total. The predicted octanol–water partition coefficient (Wildman–Crippen LogP) is -0.0874. The summed E-state index contributed by atoms with van der Waals surface area (Å²) in [4.78, 5) is 3.27. The summed E-state index contributed by atoms with van der Waals surface area (Å²) in [5, 5.41) is 0.583. The molecule has 0 unspecified atom stereocenters. The second-order valence-electron chi connectivity index (χ2n) is 1.76. The summed E-state index contributed by atoms with van der Waals surface area (Å²) >= 11 is 0. The Morgan fingerprint density at radius 2 is 1.55 bits per heavy atom. The lowest BCUT2D eigenvalue weighted by molar-refractivity contribution is -0.403. The molecule has 0 aliphatic carbocycles. The van der Waals surface area contributed by atoms with Crippen molar-refractivity contribution in [2.45, 2.75) is 6.36 Å². The van der Waals surface area contributed by atoms with E-state index in [1.54, 1.807) is 7.11 Å². The van der Waals surface area contributed by atoms with Crippen LogP contribution in [0.15, 0.2) is 0 Å². The zero-order chi connectivity index (χ0) is 9.49. The van der Waals surface area contributed by atoms with Crippen LogP contribution in [-0.4, -0.2) is 43.1 Å². The minimum absolute atomic E-state index is 0.583. The molecule has 0 aromatic carbocycles. The minimum Gasteiger partial charge on any atom is -0.431 e. The van der Waals surface area contributed by atoms with Crippen LogP contribution in [0.4, 0.5) is 13.2 Å². The Morgan fingerprint density at radius 1 is 1.27 bits per heavy atom. The fourth-order valence-corrected chi connectivity index (χ4v) is 0.207. The van der Waals surface area contributed by atoms with E-state index >= 15 is 0 Å². The van der Waals surface area contributed by atoms with Crippen molar-refractivity contribution in [1.82, 2.24) is 5.06 Å². The monoisotopic (exact) mass is 191 g/mol. The zero-order valence-electron chi connectivity index (χ0n) is 6.90. The maximum Gasteiger partial charge on any atom is 0.539 e. The van der Waals surface area contributed by atoms with E-state index in [1.807, 2.05) is 0 Å². The quantitative estimate of drug-likeness (QED) is 0.427. The van der Waals surface area contributed by atoms with E-state index < -0.39 is 6.36 Å². The van der Waals surface area contributed by atoms with Crippen LogP contribution in [0, 0.1) is 0 Å². The van der Waals surface area contributed by atoms with Crippen LogP contribution in [0.2, 0.25) is 0 Å². The van der Waals surface area contributed by atoms with Gasteiger partial charge in [-0.05, 0) is 0 Å². The van der Waals surface area contributed by atoms with Crippen LogP contribution in [0.3, 0.4) is 0 Å². The summed E-state index contributed by atoms with van der Waals surface area (Å²) < 4.78 is 37.5. The molecule has 11 heavy (non-hydrogen) atoms. The number of rotatable bonds is 1. The molecule has 0 amide bonds. The maximum atomic E-state index is 11.0. The molecule has 7 heteroatoms. The SMILES string of the molecule is CN(C)OC(F)(F)F.CO[SiH3]. The molecule has 0 heterocycles. The van der Waals surface area contributed by atoms with Crippen LogP contribution in [0.25, 0.3) is 0 Å². The first-order valence-electron chi connectivity index (χ1n) is 2.66. The summed E-state index contributed by atoms with van der Waals surface area (Å²) in [6.45, 7) is 0. The summed E-state index contributed by atoms with van der Waals surface area (Å²) in [5.74, 6) is 0. The second-order valence-corrected chi connectivity index (χ2v) is 2.57. The van der Waals surface area contributed by atoms with Crippen LogP contribution in [-0.2, 0) is 9.26 Å². The van der Waals surface area contributed by atoms with Gasteiger partial charge in [0, 0.05) is 21.2 Å². The third kappa shape index (κ3) is 25.8. The Kier molecular flexibility index (Phi) is 8.07. The summed E-state index contributed by atoms with van der Waals surface area (Å²) in [6.07, 6.45) is -4.55. The molecule has 0 saturated heterocycles. The lowest BCUT2D eigenvalue weighted by atomic mass is 11.2. The van der Waals surface area contributed by atoms with Crippen LogP contribution < -0.4 is 0 Å². The van der Waals surface area contributed by atoms with Crippen LogP contribution >= 0.6 is 0 Å². The highest BCUT2D eigenvalue weighted by Crippen LogP contribution is 2.15. The fourth-order valence-electron chi connectivity index (χ4n) is 0.207. The molecule has 0 spiro atoms. The lowest BCUT2D eigenvalue weighted by Crippen LogP contribution is -2.24. The molecule has 0 atom stereocenters. The Bertz CT molecular complexity index is 87.9. The second kappa shape index (κ2) is 6.59. The van der Waals surface area contributed by atoms with Gasteiger partial charge in [-0.3, -0.25) is 0 Å². The number of hydrogen-bond acceptors (Lipinski definition) is 3. The Balaban J connectivity index is 0. The highest BCUT2D eigenvalue weighted by Gasteiger charge is 2.30. The van der Waals surface area contributed by atoms with E-state index in [0.717, 1.165) is 24.6 Å². The highest BCUT2D eigenvalue weighted by atomic mass is 28.2. The molecular weight excluding hydrogens is 179 g/mol. The third-order valence-electron chi connectivity index (χ3n) is 0.286. The molecule has 0 aliphatic rings. The van der Waals surface area contributed by atoms with E-state index in [1.165, 1.54) is 0 Å². The normalized spacial score (nSPS) is 11.2. The van der Waals surface area contributed by atoms with Crippen molar-refractivity contribution in [3.05, 3.63) is 0 Å². The van der Waals surface area contributed by atoms with Crippen molar-refractivity contribution in [3.63, 3.8) is 0 Å². The first kappa shape index (κ1) is 13.5. The average molecular weight is 191 g/mol. The number of alkyl halides is 3. The van der Waals surface area contributed by atoms with E-state index in [9.17, 15) is 13.2 Å². The van der Waals surface area contributed by atoms with Gasteiger partial charge in [0.25, 0.3) is 0 Å². The minimum atomic E-state index is -4.55. The third-order valence-corrected chi connectivity index (χ3v) is 0.286. The number of nitrogens with zero attached hydrogens (tertiary/aromatic N) is 1. The summed E-state index contributed by atoms with van der Waals surface area (Å²) in [5.41, 5.74) is 0. The van der Waals surface area contributed by atoms with Crippen molar-refractivity contribution in [2.24, 2.45) is 0 Å². The van der Waals surface area contributed by atoms with E-state index in [2.05, 4.69) is 9.26 Å². The van der Waals surface area contributed by atoms with Crippen molar-refractivity contribution in [3.8, 4) is 0 Å². The van der Waals surface area contributed by atoms with E-state index in [4.69, 9.17) is 0 Å². The van der Waals surface area contributed by atoms with Gasteiger partial charge in [0.2, 0.25) is 0 Å². The van der Waals surface area contributed by atoms with Crippen LogP contribution in [0.5, 0.6) is 0 Å². The first-order valence-corrected chi connectivity index (χ1v) is 3.48. The molecule has 0 aromatic heterocycles. The Hall–Kier alpha value is -0.113. The molecule has 0 radical (unpaired) electrons. The smallest absolute Gasteiger partial charge is 0.431 e. The fraction of sp³-hybridized carbons (Fsp3) is 1.00. The number of halogens is 3. The molecule has 0 aromatic rings. The van der Waals surface area contributed by atoms with Crippen molar-refractivity contribution >= 4 is 10.5 Å². The van der Waals surface area contributed by atoms with Gasteiger partial charge in [0.15, 0.2) is 0 Å². The number of hydrogen-bond donors (Lipinski definition) is 0. The van der Waals surface area contributed by atoms with Crippen LogP contribution in [0.1, 0.15) is 0 Å². The molecule has 0 fully saturated rings. The maximum absolute atomic E-state index is 11.0. The predicted molar refractivity (Wildman–Crippen MR) is 37.8 cm³/mol. The topological polar surface area (TPSA) is 21.7 Å². The zero-order valence-corrected chi connectivity index (χ0v) is 8.90. The largest absolute Gasteiger partial charge is 0.539 e. The van der Waals surface area contributed by atoms with Gasteiger partial charge in [0.05, 0.1) is 0 Å². The van der Waals surface area contributed by atoms with Gasteiger partial charge in [-0.15, -0.1) is 13.2 Å². The summed E-state index contributed by atoms with van der Waals surface area (Å²) in [6, 6.07) is 0. The lowest BCUT2D eigenvalue weighted by Gasteiger charge is -2.11. The van der Waals surface area contributed by atoms with Gasteiger partial charge in [-0.25, -0.2) is 4.84 Å². The molecule has 0 rings (SSSR count). The molecule has 0 aliphatic heterocycles. The van der Waals surface area contributed by atoms with Crippen molar-refractivity contribution in [1.29, 1.82) is 0 Å². The molecule has 70 valence electrons. The van der Waals surface area contributed by atoms with E-state index in [-0.39, 0.29) is 0 Å². The van der Waals surface area contributed by atoms with Gasteiger partial charge < -0.3 is 4.43 Å². The van der Waals surface area contributed by atoms with Crippen molar-refractivity contribution in [2.75, 3.05) is 21.2 Å².